The highest BCUT2D eigenvalue weighted by molar-refractivity contribution is 5.92. The number of hydrazine groups is 1. The first kappa shape index (κ1) is 21.9. The molecule has 0 saturated carbocycles. The summed E-state index contributed by atoms with van der Waals surface area (Å²) in [6.45, 7) is 3.64. The van der Waals surface area contributed by atoms with E-state index in [2.05, 4.69) is 9.97 Å². The summed E-state index contributed by atoms with van der Waals surface area (Å²) in [5.41, 5.74) is 0. The number of carbonyl (C=O) groups excluding carboxylic acids is 2. The monoisotopic (exact) mass is 398 g/mol. The number of morpholine rings is 1. The van der Waals surface area contributed by atoms with Crippen LogP contribution in [0.1, 0.15) is 32.6 Å². The van der Waals surface area contributed by atoms with E-state index in [1.807, 2.05) is 6.92 Å². The molecule has 0 unspecified atom stereocenters. The molecule has 2 heterocycles. The zero-order valence-corrected chi connectivity index (χ0v) is 16.0. The van der Waals surface area contributed by atoms with Crippen molar-refractivity contribution in [2.75, 3.05) is 42.8 Å². The van der Waals surface area contributed by atoms with Crippen LogP contribution in [0.15, 0.2) is 6.20 Å². The zero-order valence-electron chi connectivity index (χ0n) is 16.0. The first-order chi connectivity index (χ1) is 13.5. The molecular formula is C17H27FN6O4. The molecule has 2 amide bonds. The van der Waals surface area contributed by atoms with Gasteiger partial charge in [-0.05, 0) is 6.42 Å². The predicted octanol–water partition coefficient (Wildman–Crippen LogP) is 0.703. The number of carbonyl (C=O) groups is 2. The first-order valence-corrected chi connectivity index (χ1v) is 9.32. The summed E-state index contributed by atoms with van der Waals surface area (Å²) in [5.74, 6) is 3.91. The van der Waals surface area contributed by atoms with Crippen molar-refractivity contribution in [2.45, 2.75) is 32.6 Å². The van der Waals surface area contributed by atoms with Crippen molar-refractivity contribution < 1.29 is 23.9 Å². The Bertz CT molecular complexity index is 659. The normalized spacial score (nSPS) is 15.2. The Hall–Kier alpha value is -2.37. The fourth-order valence-electron chi connectivity index (χ4n) is 2.96. The topological polar surface area (TPSA) is 125 Å². The molecule has 2 rings (SSSR count). The lowest BCUT2D eigenvalue weighted by atomic mass is 10.00. The van der Waals surface area contributed by atoms with Crippen LogP contribution in [0.5, 0.6) is 0 Å². The van der Waals surface area contributed by atoms with Gasteiger partial charge >= 0.3 is 0 Å². The summed E-state index contributed by atoms with van der Waals surface area (Å²) in [6.07, 6.45) is 4.21. The number of nitrogens with zero attached hydrogens (tertiary/aromatic N) is 5. The number of amides is 2. The number of unbranched alkanes of at least 4 members (excludes halogenated alkanes) is 2. The van der Waals surface area contributed by atoms with Crippen molar-refractivity contribution in [2.24, 2.45) is 11.8 Å². The van der Waals surface area contributed by atoms with Crippen LogP contribution in [0.4, 0.5) is 16.2 Å². The highest BCUT2D eigenvalue weighted by Gasteiger charge is 2.28. The molecule has 1 aromatic rings. The predicted molar refractivity (Wildman–Crippen MR) is 98.9 cm³/mol. The molecule has 0 radical (unpaired) electrons. The largest absolute Gasteiger partial charge is 0.378 e. The maximum atomic E-state index is 14.2. The quantitative estimate of drug-likeness (QED) is 0.147. The fourth-order valence-corrected chi connectivity index (χ4v) is 2.96. The van der Waals surface area contributed by atoms with Crippen LogP contribution < -0.4 is 15.8 Å². The average Bonchev–Trinajstić information content (AvgIpc) is 2.73. The number of halogens is 1. The van der Waals surface area contributed by atoms with E-state index in [4.69, 9.17) is 10.6 Å². The minimum Gasteiger partial charge on any atom is -0.378 e. The van der Waals surface area contributed by atoms with Gasteiger partial charge in [0.1, 0.15) is 0 Å². The number of aromatic nitrogens is 2. The Morgan fingerprint density at radius 2 is 2.18 bits per heavy atom. The summed E-state index contributed by atoms with van der Waals surface area (Å²) >= 11 is 0. The molecule has 156 valence electrons. The summed E-state index contributed by atoms with van der Waals surface area (Å²) in [4.78, 5) is 33.2. The van der Waals surface area contributed by atoms with Gasteiger partial charge in [-0.15, -0.1) is 0 Å². The van der Waals surface area contributed by atoms with E-state index in [-0.39, 0.29) is 24.7 Å². The highest BCUT2D eigenvalue weighted by Crippen LogP contribution is 2.21. The molecule has 0 aliphatic carbocycles. The second-order valence-corrected chi connectivity index (χ2v) is 6.57. The smallest absolute Gasteiger partial charge is 0.249 e. The Kier molecular flexibility index (Phi) is 8.48. The third-order valence-corrected chi connectivity index (χ3v) is 4.51. The van der Waals surface area contributed by atoms with E-state index < -0.39 is 17.6 Å². The maximum Gasteiger partial charge on any atom is 0.249 e. The van der Waals surface area contributed by atoms with Crippen molar-refractivity contribution >= 4 is 24.1 Å². The van der Waals surface area contributed by atoms with Crippen LogP contribution in [0, 0.1) is 11.7 Å². The summed E-state index contributed by atoms with van der Waals surface area (Å²) in [7, 11) is 0. The molecule has 0 bridgehead atoms. The number of ether oxygens (including phenoxy) is 1. The van der Waals surface area contributed by atoms with Crippen molar-refractivity contribution in [1.82, 2.24) is 15.0 Å². The Balaban J connectivity index is 2.17. The number of nitrogens with two attached hydrogens (primary N) is 1. The van der Waals surface area contributed by atoms with E-state index >= 15 is 0 Å². The molecular weight excluding hydrogens is 371 g/mol. The number of hydrogen-bond acceptors (Lipinski definition) is 8. The van der Waals surface area contributed by atoms with Crippen LogP contribution in [0.25, 0.3) is 0 Å². The molecule has 11 heteroatoms. The van der Waals surface area contributed by atoms with E-state index in [1.54, 1.807) is 4.90 Å². The van der Waals surface area contributed by atoms with Gasteiger partial charge in [0, 0.05) is 13.1 Å². The average molecular weight is 398 g/mol. The van der Waals surface area contributed by atoms with Crippen molar-refractivity contribution in [3.8, 4) is 0 Å². The zero-order chi connectivity index (χ0) is 20.5. The Morgan fingerprint density at radius 3 is 2.82 bits per heavy atom. The molecule has 28 heavy (non-hydrogen) atoms. The van der Waals surface area contributed by atoms with Crippen LogP contribution in [-0.4, -0.2) is 65.4 Å². The minimum absolute atomic E-state index is 0.0516. The molecule has 0 aromatic carbocycles. The van der Waals surface area contributed by atoms with Crippen LogP contribution >= 0.6 is 0 Å². The van der Waals surface area contributed by atoms with Gasteiger partial charge in [-0.2, -0.15) is 4.98 Å². The molecule has 0 spiro atoms. The molecule has 1 aliphatic heterocycles. The van der Waals surface area contributed by atoms with E-state index in [9.17, 15) is 19.2 Å². The number of anilines is 2. The summed E-state index contributed by atoms with van der Waals surface area (Å²) < 4.78 is 19.4. The lowest BCUT2D eigenvalue weighted by Gasteiger charge is -2.29. The Morgan fingerprint density at radius 1 is 1.46 bits per heavy atom. The summed E-state index contributed by atoms with van der Waals surface area (Å²) in [5, 5.41) is 10.6. The van der Waals surface area contributed by atoms with Gasteiger partial charge in [0.15, 0.2) is 11.6 Å². The van der Waals surface area contributed by atoms with Crippen molar-refractivity contribution in [3.05, 3.63) is 12.0 Å². The molecule has 1 saturated heterocycles. The van der Waals surface area contributed by atoms with Crippen LogP contribution in [0.2, 0.25) is 0 Å². The second kappa shape index (κ2) is 10.8. The fraction of sp³-hybridized carbons (Fsp3) is 0.647. The van der Waals surface area contributed by atoms with E-state index in [0.29, 0.717) is 37.8 Å². The number of rotatable bonds is 10. The van der Waals surface area contributed by atoms with E-state index in [0.717, 1.165) is 30.5 Å². The molecule has 1 aromatic heterocycles. The summed E-state index contributed by atoms with van der Waals surface area (Å²) in [6, 6.07) is 0. The third kappa shape index (κ3) is 5.81. The Labute approximate surface area is 163 Å². The van der Waals surface area contributed by atoms with E-state index in [1.165, 1.54) is 0 Å². The van der Waals surface area contributed by atoms with Gasteiger partial charge in [-0.25, -0.2) is 25.3 Å². The number of hydrogen-bond donors (Lipinski definition) is 2. The standard InChI is InChI=1S/C17H27FN6O4/c1-2-3-4-5-13(11-23(27)12-25)16(26)24(19)17-20-10-14(18)15(21-17)22-6-8-28-9-7-22/h10,12-13,27H,2-9,11,19H2,1H3/t13-/m0/s1. The van der Waals surface area contributed by atoms with Gasteiger partial charge in [0.2, 0.25) is 18.3 Å². The second-order valence-electron chi connectivity index (χ2n) is 6.57. The van der Waals surface area contributed by atoms with Gasteiger partial charge in [0.05, 0.1) is 31.9 Å². The molecule has 1 atom stereocenters. The third-order valence-electron chi connectivity index (χ3n) is 4.51. The molecule has 1 aliphatic rings. The van der Waals surface area contributed by atoms with Crippen LogP contribution in [0.3, 0.4) is 0 Å². The van der Waals surface area contributed by atoms with Gasteiger partial charge in [-0.3, -0.25) is 14.8 Å². The lowest BCUT2D eigenvalue weighted by Crippen LogP contribution is -2.46. The highest BCUT2D eigenvalue weighted by atomic mass is 19.1. The van der Waals surface area contributed by atoms with Crippen molar-refractivity contribution in [1.29, 1.82) is 0 Å². The number of hydroxylamine groups is 2. The van der Waals surface area contributed by atoms with Crippen molar-refractivity contribution in [3.63, 3.8) is 0 Å². The van der Waals surface area contributed by atoms with Gasteiger partial charge in [-0.1, -0.05) is 26.2 Å². The van der Waals surface area contributed by atoms with Gasteiger partial charge in [0.25, 0.3) is 0 Å². The SMILES string of the molecule is CCCCC[C@@H](CN(O)C=O)C(=O)N(N)c1ncc(F)c(N2CCOCC2)n1. The molecule has 3 N–H and O–H groups in total. The minimum atomic E-state index is -0.729. The first-order valence-electron chi connectivity index (χ1n) is 9.32. The molecule has 10 nitrogen and oxygen atoms in total. The van der Waals surface area contributed by atoms with Gasteiger partial charge < -0.3 is 9.64 Å². The lowest BCUT2D eigenvalue weighted by molar-refractivity contribution is -0.154. The maximum absolute atomic E-state index is 14.2. The molecule has 1 fully saturated rings. The van der Waals surface area contributed by atoms with Crippen LogP contribution in [-0.2, 0) is 14.3 Å².